The number of nitrogens with one attached hydrogen (secondary N) is 1. The average Bonchev–Trinajstić information content (AvgIpc) is 2.17. The Bertz CT molecular complexity index is 250. The molecule has 15 heavy (non-hydrogen) atoms. The fraction of sp³-hybridized carbons (Fsp3) is 0.800. The first-order chi connectivity index (χ1) is 6.78. The van der Waals surface area contributed by atoms with E-state index in [1.165, 1.54) is 0 Å². The van der Waals surface area contributed by atoms with E-state index in [2.05, 4.69) is 5.32 Å². The zero-order valence-electron chi connectivity index (χ0n) is 9.57. The molecule has 88 valence electrons. The molecule has 5 heteroatoms. The van der Waals surface area contributed by atoms with Crippen LogP contribution in [0.5, 0.6) is 0 Å². The summed E-state index contributed by atoms with van der Waals surface area (Å²) in [6, 6.07) is -0.638. The first-order valence-corrected chi connectivity index (χ1v) is 4.96. The van der Waals surface area contributed by atoms with Gasteiger partial charge >= 0.3 is 5.97 Å². The van der Waals surface area contributed by atoms with Crippen LogP contribution in [-0.4, -0.2) is 40.7 Å². The van der Waals surface area contributed by atoms with Crippen molar-refractivity contribution in [3.8, 4) is 0 Å². The number of carbonyl (C=O) groups is 2. The summed E-state index contributed by atoms with van der Waals surface area (Å²) in [6.07, 6.45) is 0.729. The number of likely N-dealkylation sites (N-methyl/N-ethyl adjacent to an activating group) is 1. The molecule has 3 atom stereocenters. The molecule has 0 spiro atoms. The van der Waals surface area contributed by atoms with Gasteiger partial charge in [-0.3, -0.25) is 4.79 Å². The van der Waals surface area contributed by atoms with E-state index in [9.17, 15) is 14.7 Å². The zero-order valence-corrected chi connectivity index (χ0v) is 9.57. The fourth-order valence-corrected chi connectivity index (χ4v) is 1.32. The average molecular weight is 217 g/mol. The molecule has 0 fully saturated rings. The van der Waals surface area contributed by atoms with Gasteiger partial charge in [-0.25, -0.2) is 4.79 Å². The minimum Gasteiger partial charge on any atom is -0.479 e. The summed E-state index contributed by atoms with van der Waals surface area (Å²) in [5.41, 5.74) is -2.32. The summed E-state index contributed by atoms with van der Waals surface area (Å²) < 4.78 is 0. The number of carboxylic acid groups (broad SMARTS) is 1. The first kappa shape index (κ1) is 14.1. The lowest BCUT2D eigenvalue weighted by molar-refractivity contribution is -0.164. The molecular weight excluding hydrogens is 198 g/mol. The van der Waals surface area contributed by atoms with Crippen molar-refractivity contribution in [2.24, 2.45) is 5.92 Å². The SMILES string of the molecule is CCC(C)[C@H](NC)C(=O)C(C)(O)C(=O)O. The topological polar surface area (TPSA) is 86.6 Å². The normalized spacial score (nSPS) is 19.0. The largest absolute Gasteiger partial charge is 0.479 e. The summed E-state index contributed by atoms with van der Waals surface area (Å²) in [5.74, 6) is -2.24. The fourth-order valence-electron chi connectivity index (χ4n) is 1.32. The number of aliphatic carboxylic acids is 1. The number of carbonyl (C=O) groups excluding carboxylic acids is 1. The van der Waals surface area contributed by atoms with E-state index in [0.717, 1.165) is 13.3 Å². The summed E-state index contributed by atoms with van der Waals surface area (Å²) >= 11 is 0. The van der Waals surface area contributed by atoms with Gasteiger partial charge < -0.3 is 15.5 Å². The Morgan fingerprint density at radius 1 is 1.47 bits per heavy atom. The van der Waals surface area contributed by atoms with Crippen molar-refractivity contribution in [1.29, 1.82) is 0 Å². The van der Waals surface area contributed by atoms with E-state index in [1.54, 1.807) is 7.05 Å². The number of Topliss-reactive ketones (excluding diaryl/α,β-unsaturated/α-hetero) is 1. The molecule has 0 saturated carbocycles. The van der Waals surface area contributed by atoms with Gasteiger partial charge in [0.25, 0.3) is 0 Å². The molecule has 0 amide bonds. The Balaban J connectivity index is 4.88. The summed E-state index contributed by atoms with van der Waals surface area (Å²) in [4.78, 5) is 22.4. The van der Waals surface area contributed by atoms with Crippen LogP contribution in [0, 0.1) is 5.92 Å². The van der Waals surface area contributed by atoms with Gasteiger partial charge in [0, 0.05) is 0 Å². The molecule has 2 unspecified atom stereocenters. The van der Waals surface area contributed by atoms with E-state index >= 15 is 0 Å². The molecule has 0 aromatic carbocycles. The molecule has 0 aliphatic rings. The van der Waals surface area contributed by atoms with Crippen LogP contribution in [0.2, 0.25) is 0 Å². The molecule has 0 aromatic heterocycles. The highest BCUT2D eigenvalue weighted by Crippen LogP contribution is 2.16. The minimum absolute atomic E-state index is 0.0201. The Morgan fingerprint density at radius 3 is 2.20 bits per heavy atom. The molecule has 0 aliphatic heterocycles. The molecule has 0 aliphatic carbocycles. The van der Waals surface area contributed by atoms with Crippen molar-refractivity contribution in [2.75, 3.05) is 7.05 Å². The van der Waals surface area contributed by atoms with Crippen molar-refractivity contribution >= 4 is 11.8 Å². The maximum atomic E-state index is 11.7. The molecule has 0 radical (unpaired) electrons. The van der Waals surface area contributed by atoms with E-state index < -0.39 is 23.4 Å². The van der Waals surface area contributed by atoms with Crippen molar-refractivity contribution in [2.45, 2.75) is 38.8 Å². The van der Waals surface area contributed by atoms with Crippen molar-refractivity contribution < 1.29 is 19.8 Å². The first-order valence-electron chi connectivity index (χ1n) is 4.96. The maximum Gasteiger partial charge on any atom is 0.343 e. The summed E-state index contributed by atoms with van der Waals surface area (Å²) in [6.45, 7) is 4.74. The number of hydrogen-bond donors (Lipinski definition) is 3. The molecule has 0 saturated heterocycles. The molecule has 0 bridgehead atoms. The van der Waals surface area contributed by atoms with Crippen LogP contribution >= 0.6 is 0 Å². The third-order valence-electron chi connectivity index (χ3n) is 2.70. The second kappa shape index (κ2) is 5.23. The van der Waals surface area contributed by atoms with Crippen molar-refractivity contribution in [3.63, 3.8) is 0 Å². The Morgan fingerprint density at radius 2 is 1.93 bits per heavy atom. The van der Waals surface area contributed by atoms with Gasteiger partial charge in [0.15, 0.2) is 5.78 Å². The smallest absolute Gasteiger partial charge is 0.343 e. The van der Waals surface area contributed by atoms with Gasteiger partial charge in [-0.2, -0.15) is 0 Å². The second-order valence-electron chi connectivity index (χ2n) is 3.89. The molecule has 5 nitrogen and oxygen atoms in total. The predicted octanol–water partition coefficient (Wildman–Crippen LogP) is 0.0252. The Kier molecular flexibility index (Phi) is 4.90. The molecule has 0 heterocycles. The second-order valence-corrected chi connectivity index (χ2v) is 3.89. The van der Waals surface area contributed by atoms with Gasteiger partial charge in [0.05, 0.1) is 6.04 Å². The quantitative estimate of drug-likeness (QED) is 0.546. The lowest BCUT2D eigenvalue weighted by atomic mass is 9.87. The highest BCUT2D eigenvalue weighted by Gasteiger charge is 2.43. The molecule has 3 N–H and O–H groups in total. The predicted molar refractivity (Wildman–Crippen MR) is 55.6 cm³/mol. The van der Waals surface area contributed by atoms with Crippen LogP contribution in [0.3, 0.4) is 0 Å². The standard InChI is InChI=1S/C10H19NO4/c1-5-6(2)7(11-4)8(12)10(3,15)9(13)14/h6-7,11,15H,5H2,1-4H3,(H,13,14)/t6?,7-,10?/m0/s1. The van der Waals surface area contributed by atoms with E-state index in [1.807, 2.05) is 13.8 Å². The third kappa shape index (κ3) is 3.00. The molecule has 0 aromatic rings. The number of carboxylic acids is 1. The third-order valence-corrected chi connectivity index (χ3v) is 2.70. The van der Waals surface area contributed by atoms with Gasteiger partial charge in [0.1, 0.15) is 0 Å². The summed E-state index contributed by atoms with van der Waals surface area (Å²) in [7, 11) is 1.58. The summed E-state index contributed by atoms with van der Waals surface area (Å²) in [5, 5.41) is 21.0. The Labute approximate surface area is 89.5 Å². The highest BCUT2D eigenvalue weighted by atomic mass is 16.4. The van der Waals surface area contributed by atoms with E-state index in [4.69, 9.17) is 5.11 Å². The Hall–Kier alpha value is -0.940. The van der Waals surface area contributed by atoms with E-state index in [-0.39, 0.29) is 5.92 Å². The van der Waals surface area contributed by atoms with Gasteiger partial charge in [0.2, 0.25) is 5.60 Å². The van der Waals surface area contributed by atoms with E-state index in [0.29, 0.717) is 0 Å². The monoisotopic (exact) mass is 217 g/mol. The van der Waals surface area contributed by atoms with Gasteiger partial charge in [-0.1, -0.05) is 20.3 Å². The van der Waals surface area contributed by atoms with Crippen LogP contribution in [0.25, 0.3) is 0 Å². The number of hydrogen-bond acceptors (Lipinski definition) is 4. The van der Waals surface area contributed by atoms with Crippen molar-refractivity contribution in [1.82, 2.24) is 5.32 Å². The lowest BCUT2D eigenvalue weighted by Gasteiger charge is -2.27. The van der Waals surface area contributed by atoms with Gasteiger partial charge in [-0.15, -0.1) is 0 Å². The van der Waals surface area contributed by atoms with Crippen LogP contribution in [0.4, 0.5) is 0 Å². The van der Waals surface area contributed by atoms with Crippen LogP contribution < -0.4 is 5.32 Å². The number of rotatable bonds is 6. The van der Waals surface area contributed by atoms with Crippen molar-refractivity contribution in [3.05, 3.63) is 0 Å². The van der Waals surface area contributed by atoms with Crippen LogP contribution in [0.1, 0.15) is 27.2 Å². The maximum absolute atomic E-state index is 11.7. The number of ketones is 1. The highest BCUT2D eigenvalue weighted by molar-refractivity contribution is 6.08. The van der Waals surface area contributed by atoms with Crippen LogP contribution in [0.15, 0.2) is 0 Å². The van der Waals surface area contributed by atoms with Gasteiger partial charge in [-0.05, 0) is 19.9 Å². The zero-order chi connectivity index (χ0) is 12.2. The molecular formula is C10H19NO4. The molecule has 0 rings (SSSR count). The number of aliphatic hydroxyl groups is 1. The minimum atomic E-state index is -2.32. The van der Waals surface area contributed by atoms with Crippen LogP contribution in [-0.2, 0) is 9.59 Å². The lowest BCUT2D eigenvalue weighted by Crippen LogP contribution is -2.54.